The zero-order chi connectivity index (χ0) is 35.8. The second kappa shape index (κ2) is 22.3. The summed E-state index contributed by atoms with van der Waals surface area (Å²) in [6.45, 7) is 10.9. The Hall–Kier alpha value is -6.30. The summed E-state index contributed by atoms with van der Waals surface area (Å²) in [5.41, 5.74) is 8.41. The van der Waals surface area contributed by atoms with Crippen molar-refractivity contribution in [1.82, 2.24) is 0 Å². The molecule has 0 aliphatic rings. The first kappa shape index (κ1) is 38.2. The first-order valence-corrected chi connectivity index (χ1v) is 16.7. The van der Waals surface area contributed by atoms with E-state index in [1.165, 1.54) is 38.9 Å². The molecule has 0 radical (unpaired) electrons. The summed E-state index contributed by atoms with van der Waals surface area (Å²) in [7, 11) is 0. The molecule has 0 atom stereocenters. The van der Waals surface area contributed by atoms with Crippen molar-refractivity contribution < 1.29 is 0 Å². The number of hydrogen-bond acceptors (Lipinski definition) is 2. The molecule has 250 valence electrons. The molecule has 0 spiro atoms. The lowest BCUT2D eigenvalue weighted by Gasteiger charge is -2.26. The van der Waals surface area contributed by atoms with E-state index in [0.29, 0.717) is 0 Å². The molecule has 50 heavy (non-hydrogen) atoms. The number of benzene rings is 5. The fourth-order valence-electron chi connectivity index (χ4n) is 5.17. The molecule has 0 aliphatic carbocycles. The highest BCUT2D eigenvalue weighted by molar-refractivity contribution is 6.02. The Morgan fingerprint density at radius 1 is 0.620 bits per heavy atom. The van der Waals surface area contributed by atoms with Gasteiger partial charge in [-0.3, -0.25) is 0 Å². The summed E-state index contributed by atoms with van der Waals surface area (Å²) in [5, 5.41) is 5.81. The minimum Gasteiger partial charge on any atom is -0.356 e. The average Bonchev–Trinajstić information content (AvgIpc) is 3.18. The summed E-state index contributed by atoms with van der Waals surface area (Å²) in [6.07, 6.45) is 30.4. The van der Waals surface area contributed by atoms with Crippen LogP contribution in [0.1, 0.15) is 26.3 Å². The van der Waals surface area contributed by atoms with Gasteiger partial charge in [0.15, 0.2) is 0 Å². The maximum Gasteiger partial charge on any atom is 0.0493 e. The van der Waals surface area contributed by atoms with Crippen LogP contribution in [0.25, 0.3) is 16.3 Å². The molecular formula is C48H48N2. The van der Waals surface area contributed by atoms with Crippen LogP contribution in [-0.2, 0) is 0 Å². The summed E-state index contributed by atoms with van der Waals surface area (Å²) in [6, 6.07) is 44.1. The molecule has 0 amide bonds. The normalized spacial score (nSPS) is 11.7. The molecule has 2 nitrogen and oxygen atoms in total. The Morgan fingerprint density at radius 2 is 1.16 bits per heavy atom. The van der Waals surface area contributed by atoms with Gasteiger partial charge in [0.2, 0.25) is 0 Å². The Balaban J connectivity index is 0.000000373. The fraction of sp³-hybridized carbons (Fsp3) is 0.0833. The average molecular weight is 653 g/mol. The second-order valence-electron chi connectivity index (χ2n) is 11.1. The van der Waals surface area contributed by atoms with Gasteiger partial charge < -0.3 is 10.2 Å². The first-order valence-electron chi connectivity index (χ1n) is 16.7. The quantitative estimate of drug-likeness (QED) is 0.107. The van der Waals surface area contributed by atoms with Crippen LogP contribution < -0.4 is 10.2 Å². The Labute approximate surface area is 300 Å². The van der Waals surface area contributed by atoms with Crippen molar-refractivity contribution in [3.8, 4) is 12.8 Å². The number of hydrogen-bond donors (Lipinski definition) is 1. The number of rotatable bonds is 12. The van der Waals surface area contributed by atoms with E-state index in [1.807, 2.05) is 98.0 Å². The summed E-state index contributed by atoms with van der Waals surface area (Å²) < 4.78 is 0. The predicted molar refractivity (Wildman–Crippen MR) is 223 cm³/mol. The van der Waals surface area contributed by atoms with Crippen LogP contribution in [0, 0.1) is 12.8 Å². The van der Waals surface area contributed by atoms with E-state index < -0.39 is 0 Å². The number of nitrogens with zero attached hydrogens (tertiary/aromatic N) is 1. The van der Waals surface area contributed by atoms with Gasteiger partial charge >= 0.3 is 0 Å². The molecule has 0 saturated heterocycles. The lowest BCUT2D eigenvalue weighted by molar-refractivity contribution is 1.10. The summed E-state index contributed by atoms with van der Waals surface area (Å²) in [4.78, 5) is 2.37. The number of fused-ring (bicyclic) bond motifs is 1. The molecule has 0 fully saturated rings. The van der Waals surface area contributed by atoms with Crippen molar-refractivity contribution in [1.29, 1.82) is 0 Å². The van der Waals surface area contributed by atoms with Gasteiger partial charge in [0.05, 0.1) is 0 Å². The predicted octanol–water partition coefficient (Wildman–Crippen LogP) is 13.4. The highest BCUT2D eigenvalue weighted by Gasteiger charge is 2.14. The number of nitrogens with one attached hydrogen (secondary N) is 1. The van der Waals surface area contributed by atoms with Crippen LogP contribution in [0.5, 0.6) is 0 Å². The van der Waals surface area contributed by atoms with Crippen LogP contribution in [0.2, 0.25) is 0 Å². The SMILES string of the molecule is C#C.C=C/C=C/C=C\C=C/C(C)=C(/C)c1ccc(N(C/C=C\C=C/C)c2ccccc2)c2ccccc12.c1ccc(Nc2ccccc2)cc1. The zero-order valence-electron chi connectivity index (χ0n) is 29.5. The van der Waals surface area contributed by atoms with Crippen LogP contribution >= 0.6 is 0 Å². The minimum absolute atomic E-state index is 0.793. The second-order valence-corrected chi connectivity index (χ2v) is 11.1. The van der Waals surface area contributed by atoms with E-state index in [9.17, 15) is 0 Å². The Bertz CT molecular complexity index is 1900. The molecule has 0 aliphatic heterocycles. The van der Waals surface area contributed by atoms with Gasteiger partial charge in [-0.15, -0.1) is 12.8 Å². The summed E-state index contributed by atoms with van der Waals surface area (Å²) >= 11 is 0. The number of para-hydroxylation sites is 3. The van der Waals surface area contributed by atoms with E-state index in [2.05, 4.69) is 141 Å². The van der Waals surface area contributed by atoms with Crippen molar-refractivity contribution in [2.24, 2.45) is 0 Å². The van der Waals surface area contributed by atoms with Crippen LogP contribution in [0.3, 0.4) is 0 Å². The van der Waals surface area contributed by atoms with E-state index in [0.717, 1.165) is 17.9 Å². The number of allylic oxidation sites excluding steroid dienone is 12. The molecule has 0 heterocycles. The van der Waals surface area contributed by atoms with Gasteiger partial charge in [-0.1, -0.05) is 158 Å². The highest BCUT2D eigenvalue weighted by Crippen LogP contribution is 2.37. The third-order valence-electron chi connectivity index (χ3n) is 7.75. The lowest BCUT2D eigenvalue weighted by atomic mass is 9.94. The maximum absolute atomic E-state index is 4.00. The standard InChI is InChI=1S/C34H35N.C12H11N.C2H2/c1-5-7-9-11-12-14-20-28(3)29(4)31-25-26-34(33-24-18-17-23-32(31)33)35(27-19-10-8-6-2)30-21-15-13-16-22-30;1-3-7-11(8-4-1)13-12-9-5-2-6-10-12;1-2/h5-26H,1,27H2,2-4H3;1-10,13H;1-2H/b8-6-,9-7+,12-11-,19-10-,20-14-,29-28-;;. The highest BCUT2D eigenvalue weighted by atomic mass is 15.1. The van der Waals surface area contributed by atoms with E-state index in [4.69, 9.17) is 0 Å². The molecule has 1 N–H and O–H groups in total. The van der Waals surface area contributed by atoms with E-state index in [1.54, 1.807) is 6.08 Å². The largest absolute Gasteiger partial charge is 0.356 e. The molecule has 2 heteroatoms. The molecule has 0 saturated carbocycles. The minimum atomic E-state index is 0.793. The maximum atomic E-state index is 4.00. The van der Waals surface area contributed by atoms with Crippen LogP contribution in [-0.4, -0.2) is 6.54 Å². The molecular weight excluding hydrogens is 605 g/mol. The fourth-order valence-corrected chi connectivity index (χ4v) is 5.17. The third kappa shape index (κ3) is 12.1. The van der Waals surface area contributed by atoms with Crippen LogP contribution in [0.15, 0.2) is 206 Å². The molecule has 0 bridgehead atoms. The topological polar surface area (TPSA) is 15.3 Å². The zero-order valence-corrected chi connectivity index (χ0v) is 29.5. The summed E-state index contributed by atoms with van der Waals surface area (Å²) in [5.74, 6) is 0. The Kier molecular flexibility index (Phi) is 17.0. The van der Waals surface area contributed by atoms with E-state index in [-0.39, 0.29) is 0 Å². The molecule has 5 rings (SSSR count). The van der Waals surface area contributed by atoms with Crippen molar-refractivity contribution >= 4 is 39.1 Å². The lowest BCUT2D eigenvalue weighted by Crippen LogP contribution is -2.17. The van der Waals surface area contributed by atoms with Crippen molar-refractivity contribution in [2.75, 3.05) is 16.8 Å². The third-order valence-corrected chi connectivity index (χ3v) is 7.75. The number of anilines is 4. The monoisotopic (exact) mass is 652 g/mol. The van der Waals surface area contributed by atoms with Gasteiger partial charge in [-0.2, -0.15) is 0 Å². The molecule has 5 aromatic rings. The smallest absolute Gasteiger partial charge is 0.0493 e. The van der Waals surface area contributed by atoms with Gasteiger partial charge in [0, 0.05) is 34.7 Å². The van der Waals surface area contributed by atoms with Crippen molar-refractivity contribution in [3.63, 3.8) is 0 Å². The van der Waals surface area contributed by atoms with Crippen LogP contribution in [0.4, 0.5) is 22.7 Å². The van der Waals surface area contributed by atoms with Gasteiger partial charge in [-0.05, 0) is 85.3 Å². The van der Waals surface area contributed by atoms with Gasteiger partial charge in [-0.25, -0.2) is 0 Å². The van der Waals surface area contributed by atoms with Crippen molar-refractivity contribution in [2.45, 2.75) is 20.8 Å². The molecule has 0 unspecified atom stereocenters. The Morgan fingerprint density at radius 3 is 1.76 bits per heavy atom. The van der Waals surface area contributed by atoms with Crippen molar-refractivity contribution in [3.05, 3.63) is 212 Å². The molecule has 0 aromatic heterocycles. The van der Waals surface area contributed by atoms with Gasteiger partial charge in [0.25, 0.3) is 0 Å². The van der Waals surface area contributed by atoms with E-state index >= 15 is 0 Å². The first-order chi connectivity index (χ1) is 24.6. The molecule has 5 aromatic carbocycles. The number of terminal acetylenes is 1. The van der Waals surface area contributed by atoms with Gasteiger partial charge in [0.1, 0.15) is 0 Å².